The maximum Gasteiger partial charge on any atom is 0.145 e. The number of para-hydroxylation sites is 2. The standard InChI is InChI=1S/C66H44N4/c1-66(62-55-20-8-6-18-53(55)61(54-19-7-9-21-56(54)62)49-32-25-42-13-2-3-15-48(42)41-49)39-37-50(38-40-66)70-60-24-11-10-23-59(60)69-65(70)47-30-26-44(27-31-47)57-35-33-45-28-29-46-34-36-58(68-64(46)63(45)67-57)52-22-12-16-43-14-4-5-17-51(43)52/h2-39,41H,40H2,1H3. The molecule has 10 aromatic carbocycles. The van der Waals surface area contributed by atoms with Crippen molar-refractivity contribution in [3.63, 3.8) is 0 Å². The van der Waals surface area contributed by atoms with Crippen LogP contribution in [-0.4, -0.2) is 19.5 Å². The molecule has 1 atom stereocenters. The summed E-state index contributed by atoms with van der Waals surface area (Å²) in [5.74, 6) is 0.908. The molecule has 0 radical (unpaired) electrons. The zero-order valence-corrected chi connectivity index (χ0v) is 38.5. The molecule has 0 N–H and O–H groups in total. The largest absolute Gasteiger partial charge is 0.293 e. The number of rotatable bonds is 6. The van der Waals surface area contributed by atoms with Crippen molar-refractivity contribution in [2.75, 3.05) is 0 Å². The lowest BCUT2D eigenvalue weighted by Crippen LogP contribution is -2.22. The highest BCUT2D eigenvalue weighted by molar-refractivity contribution is 6.16. The first-order chi connectivity index (χ1) is 34.5. The summed E-state index contributed by atoms with van der Waals surface area (Å²) in [6.45, 7) is 2.40. The number of allylic oxidation sites excluding steroid dienone is 4. The first-order valence-corrected chi connectivity index (χ1v) is 24.1. The van der Waals surface area contributed by atoms with E-state index in [1.54, 1.807) is 0 Å². The number of imidazole rings is 1. The monoisotopic (exact) mass is 892 g/mol. The number of hydrogen-bond acceptors (Lipinski definition) is 3. The highest BCUT2D eigenvalue weighted by atomic mass is 15.1. The summed E-state index contributed by atoms with van der Waals surface area (Å²) in [6.07, 6.45) is 7.99. The lowest BCUT2D eigenvalue weighted by Gasteiger charge is -2.32. The van der Waals surface area contributed by atoms with Crippen molar-refractivity contribution in [1.29, 1.82) is 0 Å². The summed E-state index contributed by atoms with van der Waals surface area (Å²) >= 11 is 0. The molecule has 14 rings (SSSR count). The zero-order valence-electron chi connectivity index (χ0n) is 38.5. The predicted octanol–water partition coefficient (Wildman–Crippen LogP) is 17.2. The van der Waals surface area contributed by atoms with Crippen molar-refractivity contribution in [3.05, 3.63) is 242 Å². The molecule has 3 aromatic heterocycles. The summed E-state index contributed by atoms with van der Waals surface area (Å²) in [5, 5.41) is 12.2. The van der Waals surface area contributed by atoms with Gasteiger partial charge < -0.3 is 0 Å². The Labute approximate surface area is 405 Å². The van der Waals surface area contributed by atoms with E-state index in [-0.39, 0.29) is 5.41 Å². The number of hydrogen-bond donors (Lipinski definition) is 0. The van der Waals surface area contributed by atoms with Gasteiger partial charge in [-0.2, -0.15) is 0 Å². The Kier molecular flexibility index (Phi) is 9.05. The molecule has 3 heterocycles. The predicted molar refractivity (Wildman–Crippen MR) is 294 cm³/mol. The molecule has 0 saturated heterocycles. The molecule has 0 saturated carbocycles. The van der Waals surface area contributed by atoms with Crippen LogP contribution in [0.4, 0.5) is 0 Å². The highest BCUT2D eigenvalue weighted by Crippen LogP contribution is 2.48. The van der Waals surface area contributed by atoms with Crippen LogP contribution in [0, 0.1) is 0 Å². The maximum absolute atomic E-state index is 5.30. The van der Waals surface area contributed by atoms with E-state index in [0.29, 0.717) is 0 Å². The minimum atomic E-state index is -0.270. The van der Waals surface area contributed by atoms with Gasteiger partial charge in [-0.3, -0.25) is 4.57 Å². The highest BCUT2D eigenvalue weighted by Gasteiger charge is 2.31. The second-order valence-corrected chi connectivity index (χ2v) is 19.0. The van der Waals surface area contributed by atoms with Gasteiger partial charge >= 0.3 is 0 Å². The molecule has 4 heteroatoms. The van der Waals surface area contributed by atoms with Crippen LogP contribution in [0.15, 0.2) is 237 Å². The lowest BCUT2D eigenvalue weighted by atomic mass is 9.72. The van der Waals surface area contributed by atoms with Gasteiger partial charge in [0.1, 0.15) is 5.82 Å². The molecule has 1 aliphatic carbocycles. The Hall–Kier alpha value is -8.99. The van der Waals surface area contributed by atoms with E-state index < -0.39 is 0 Å². The van der Waals surface area contributed by atoms with Crippen molar-refractivity contribution in [2.24, 2.45) is 0 Å². The molecule has 328 valence electrons. The summed E-state index contributed by atoms with van der Waals surface area (Å²) < 4.78 is 2.33. The van der Waals surface area contributed by atoms with Gasteiger partial charge in [0.05, 0.1) is 33.5 Å². The van der Waals surface area contributed by atoms with E-state index in [0.717, 1.165) is 78.9 Å². The quantitative estimate of drug-likeness (QED) is 0.123. The van der Waals surface area contributed by atoms with Gasteiger partial charge in [0.2, 0.25) is 0 Å². The third-order valence-electron chi connectivity index (χ3n) is 14.7. The van der Waals surface area contributed by atoms with Crippen molar-refractivity contribution in [2.45, 2.75) is 18.8 Å². The van der Waals surface area contributed by atoms with Crippen molar-refractivity contribution < 1.29 is 0 Å². The van der Waals surface area contributed by atoms with Crippen LogP contribution < -0.4 is 0 Å². The molecule has 4 nitrogen and oxygen atoms in total. The number of benzene rings is 10. The number of pyridine rings is 2. The van der Waals surface area contributed by atoms with Gasteiger partial charge in [-0.15, -0.1) is 0 Å². The zero-order chi connectivity index (χ0) is 46.3. The fourth-order valence-electron chi connectivity index (χ4n) is 11.3. The second kappa shape index (κ2) is 15.8. The average Bonchev–Trinajstić information content (AvgIpc) is 3.81. The topological polar surface area (TPSA) is 43.6 Å². The Morgan fingerprint density at radius 1 is 0.429 bits per heavy atom. The fraction of sp³-hybridized carbons (Fsp3) is 0.0455. The van der Waals surface area contributed by atoms with Crippen molar-refractivity contribution in [3.8, 4) is 45.0 Å². The fourth-order valence-corrected chi connectivity index (χ4v) is 11.3. The normalized spacial score (nSPS) is 15.0. The number of nitrogens with zero attached hydrogens (tertiary/aromatic N) is 4. The van der Waals surface area contributed by atoms with Crippen LogP contribution >= 0.6 is 0 Å². The lowest BCUT2D eigenvalue weighted by molar-refractivity contribution is 0.610. The minimum absolute atomic E-state index is 0.270. The van der Waals surface area contributed by atoms with E-state index in [4.69, 9.17) is 15.0 Å². The molecule has 0 aliphatic heterocycles. The molecule has 0 bridgehead atoms. The van der Waals surface area contributed by atoms with Crippen LogP contribution in [-0.2, 0) is 5.41 Å². The van der Waals surface area contributed by atoms with Crippen LogP contribution in [0.25, 0.3) is 127 Å². The average molecular weight is 893 g/mol. The van der Waals surface area contributed by atoms with Crippen molar-refractivity contribution >= 4 is 81.6 Å². The minimum Gasteiger partial charge on any atom is -0.293 e. The van der Waals surface area contributed by atoms with Gasteiger partial charge in [-0.1, -0.05) is 207 Å². The van der Waals surface area contributed by atoms with E-state index in [1.807, 2.05) is 0 Å². The van der Waals surface area contributed by atoms with Gasteiger partial charge in [-0.25, -0.2) is 15.0 Å². The molecule has 1 aliphatic rings. The second-order valence-electron chi connectivity index (χ2n) is 19.0. The summed E-state index contributed by atoms with van der Waals surface area (Å²) in [4.78, 5) is 15.9. The Morgan fingerprint density at radius 2 is 0.986 bits per heavy atom. The van der Waals surface area contributed by atoms with Crippen LogP contribution in [0.3, 0.4) is 0 Å². The molecule has 0 spiro atoms. The molecule has 70 heavy (non-hydrogen) atoms. The van der Waals surface area contributed by atoms with Crippen LogP contribution in [0.2, 0.25) is 0 Å². The molecule has 1 unspecified atom stereocenters. The Bertz CT molecular complexity index is 4280. The summed E-state index contributed by atoms with van der Waals surface area (Å²) in [5.41, 5.74) is 13.6. The van der Waals surface area contributed by atoms with Gasteiger partial charge in [0.15, 0.2) is 0 Å². The summed E-state index contributed by atoms with van der Waals surface area (Å²) in [7, 11) is 0. The first-order valence-electron chi connectivity index (χ1n) is 24.1. The van der Waals surface area contributed by atoms with Gasteiger partial charge in [-0.05, 0) is 103 Å². The maximum atomic E-state index is 5.30. The smallest absolute Gasteiger partial charge is 0.145 e. The van der Waals surface area contributed by atoms with Crippen molar-refractivity contribution in [1.82, 2.24) is 19.5 Å². The Morgan fingerprint density at radius 3 is 1.71 bits per heavy atom. The van der Waals surface area contributed by atoms with E-state index in [1.165, 1.54) is 59.8 Å². The molecule has 0 fully saturated rings. The summed E-state index contributed by atoms with van der Waals surface area (Å²) in [6, 6.07) is 78.5. The van der Waals surface area contributed by atoms with E-state index in [2.05, 4.69) is 248 Å². The Balaban J connectivity index is 0.828. The van der Waals surface area contributed by atoms with Crippen LogP contribution in [0.5, 0.6) is 0 Å². The third-order valence-corrected chi connectivity index (χ3v) is 14.7. The third kappa shape index (κ3) is 6.41. The van der Waals surface area contributed by atoms with Gasteiger partial charge in [0.25, 0.3) is 0 Å². The number of aromatic nitrogens is 4. The first kappa shape index (κ1) is 40.1. The molecular formula is C66H44N4. The van der Waals surface area contributed by atoms with E-state index >= 15 is 0 Å². The molecule has 0 amide bonds. The van der Waals surface area contributed by atoms with Gasteiger partial charge in [0, 0.05) is 38.6 Å². The number of fused-ring (bicyclic) bond motifs is 8. The van der Waals surface area contributed by atoms with Crippen LogP contribution in [0.1, 0.15) is 18.9 Å². The SMILES string of the molecule is CC1(c2c3ccccc3c(-c3ccc4ccccc4c3)c3ccccc23)C=CC(n2c(-c3ccc(-c4ccc5ccc6ccc(-c7cccc8ccccc78)nc6c5n4)cc3)nc3ccccc32)=CC1. The molecule has 13 aromatic rings. The van der Waals surface area contributed by atoms with E-state index in [9.17, 15) is 0 Å². The molecular weight excluding hydrogens is 849 g/mol.